The lowest BCUT2D eigenvalue weighted by Crippen LogP contribution is -2.43. The number of methoxy groups -OCH3 is 1. The molecule has 0 bridgehead atoms. The minimum absolute atomic E-state index is 0.0268. The molecular weight excluding hydrogens is 464 g/mol. The van der Waals surface area contributed by atoms with Crippen LogP contribution in [0.15, 0.2) is 16.8 Å². The van der Waals surface area contributed by atoms with Crippen LogP contribution in [0, 0.1) is 0 Å². The smallest absolute Gasteiger partial charge is 0.410 e. The van der Waals surface area contributed by atoms with E-state index in [1.165, 1.54) is 10.6 Å². The molecule has 0 N–H and O–H groups in total. The van der Waals surface area contributed by atoms with E-state index in [1.54, 1.807) is 18.3 Å². The summed E-state index contributed by atoms with van der Waals surface area (Å²) in [6, 6.07) is 0. The summed E-state index contributed by atoms with van der Waals surface area (Å²) in [4.78, 5) is 18.3. The fourth-order valence-corrected chi connectivity index (χ4v) is 4.93. The van der Waals surface area contributed by atoms with Gasteiger partial charge in [-0.2, -0.15) is 0 Å². The van der Waals surface area contributed by atoms with E-state index in [4.69, 9.17) is 18.9 Å². The molecule has 0 spiro atoms. The van der Waals surface area contributed by atoms with Crippen molar-refractivity contribution < 1.29 is 36.7 Å². The number of likely N-dealkylation sites (N-methyl/N-ethyl adjacent to an activating group) is 1. The average Bonchev–Trinajstić information content (AvgIpc) is 2.92. The summed E-state index contributed by atoms with van der Waals surface area (Å²) in [6.45, 7) is 5.67. The molecule has 2 saturated heterocycles. The Labute approximate surface area is 202 Å². The molecule has 192 valence electrons. The van der Waals surface area contributed by atoms with Gasteiger partial charge in [-0.05, 0) is 44.5 Å². The fraction of sp³-hybridized carbons (Fsp3) is 0.773. The third kappa shape index (κ3) is 7.16. The highest BCUT2D eigenvalue weighted by molar-refractivity contribution is 7.88. The summed E-state index contributed by atoms with van der Waals surface area (Å²) in [6.07, 6.45) is 6.25. The summed E-state index contributed by atoms with van der Waals surface area (Å²) in [5.41, 5.74) is 0. The van der Waals surface area contributed by atoms with Gasteiger partial charge in [0.15, 0.2) is 0 Å². The van der Waals surface area contributed by atoms with Crippen LogP contribution in [0.25, 0.3) is 0 Å². The maximum absolute atomic E-state index is 12.1. The summed E-state index contributed by atoms with van der Waals surface area (Å²) in [5, 5.41) is 0. The zero-order chi connectivity index (χ0) is 24.9. The largest absolute Gasteiger partial charge is 0.490 e. The van der Waals surface area contributed by atoms with E-state index >= 15 is 0 Å². The second kappa shape index (κ2) is 11.5. The molecular formula is C22H37N4O7S+. The third-order valence-electron chi connectivity index (χ3n) is 6.00. The van der Waals surface area contributed by atoms with Crippen LogP contribution in [0.1, 0.15) is 39.5 Å². The molecule has 1 atom stereocenters. The zero-order valence-corrected chi connectivity index (χ0v) is 21.5. The molecule has 11 nitrogen and oxygen atoms in total. The summed E-state index contributed by atoms with van der Waals surface area (Å²) in [5.74, 6) is 0.818. The number of hydrogen-bond acceptors (Lipinski definition) is 8. The van der Waals surface area contributed by atoms with Crippen LogP contribution in [0.2, 0.25) is 0 Å². The van der Waals surface area contributed by atoms with Crippen molar-refractivity contribution in [1.29, 1.82) is 0 Å². The number of sulfonamides is 1. The lowest BCUT2D eigenvalue weighted by Gasteiger charge is -2.32. The number of piperidine rings is 2. The molecule has 1 amide bonds. The van der Waals surface area contributed by atoms with Gasteiger partial charge in [0.1, 0.15) is 6.10 Å². The maximum atomic E-state index is 12.1. The van der Waals surface area contributed by atoms with Crippen molar-refractivity contribution in [1.82, 2.24) is 9.21 Å². The second-order valence-electron chi connectivity index (χ2n) is 9.08. The number of aliphatic imine (C=N–C) groups is 1. The van der Waals surface area contributed by atoms with Crippen LogP contribution in [-0.2, 0) is 29.0 Å². The summed E-state index contributed by atoms with van der Waals surface area (Å²) < 4.78 is 50.0. The molecule has 0 saturated carbocycles. The Morgan fingerprint density at radius 2 is 1.74 bits per heavy atom. The molecule has 0 aromatic carbocycles. The number of rotatable bonds is 6. The summed E-state index contributed by atoms with van der Waals surface area (Å²) in [7, 11) is 0.223. The van der Waals surface area contributed by atoms with Crippen molar-refractivity contribution in [2.24, 2.45) is 4.99 Å². The minimum atomic E-state index is -3.19. The number of carbonyl (C=O) groups is 1. The van der Waals surface area contributed by atoms with Gasteiger partial charge in [0, 0.05) is 32.3 Å². The first-order valence-corrected chi connectivity index (χ1v) is 13.5. The van der Waals surface area contributed by atoms with Gasteiger partial charge in [-0.3, -0.25) is 0 Å². The SMILES string of the molecule is COC1=CC(OC2CCN(C(=O)OC(C)C)CC2)[N+](C)=CN=C1OC1CCN(S(C)(=O)=O)CC1. The van der Waals surface area contributed by atoms with Crippen molar-refractivity contribution in [3.05, 3.63) is 11.8 Å². The van der Waals surface area contributed by atoms with E-state index in [9.17, 15) is 13.2 Å². The standard InChI is InChI=1S/C22H37N4O7S/c1-16(2)31-22(27)25-10-6-17(7-11-25)32-20-14-19(30-4)21(23-15-24(20)3)33-18-8-12-26(13-9-18)34(5,28)29/h14-18,20H,6-13H2,1-5H3/q+1. The van der Waals surface area contributed by atoms with Crippen molar-refractivity contribution in [2.45, 2.75) is 64.1 Å². The van der Waals surface area contributed by atoms with Crippen LogP contribution in [0.3, 0.4) is 0 Å². The Bertz CT molecular complexity index is 916. The lowest BCUT2D eigenvalue weighted by molar-refractivity contribution is -0.576. The molecule has 3 aliphatic heterocycles. The highest BCUT2D eigenvalue weighted by Crippen LogP contribution is 2.21. The predicted octanol–water partition coefficient (Wildman–Crippen LogP) is 1.39. The lowest BCUT2D eigenvalue weighted by atomic mass is 10.1. The van der Waals surface area contributed by atoms with Crippen molar-refractivity contribution in [3.63, 3.8) is 0 Å². The highest BCUT2D eigenvalue weighted by atomic mass is 32.2. The van der Waals surface area contributed by atoms with Crippen molar-refractivity contribution >= 4 is 28.4 Å². The Balaban J connectivity index is 1.57. The van der Waals surface area contributed by atoms with Crippen LogP contribution < -0.4 is 0 Å². The van der Waals surface area contributed by atoms with Gasteiger partial charge in [-0.1, -0.05) is 0 Å². The monoisotopic (exact) mass is 501 g/mol. The van der Waals surface area contributed by atoms with Gasteiger partial charge in [-0.25, -0.2) is 22.1 Å². The molecule has 1 unspecified atom stereocenters. The number of likely N-dealkylation sites (tertiary alicyclic amines) is 1. The molecule has 12 heteroatoms. The number of carbonyl (C=O) groups excluding carboxylic acids is 1. The van der Waals surface area contributed by atoms with Gasteiger partial charge in [0.2, 0.25) is 22.0 Å². The molecule has 3 heterocycles. The second-order valence-corrected chi connectivity index (χ2v) is 11.1. The minimum Gasteiger partial charge on any atom is -0.490 e. The number of hydrogen-bond donors (Lipinski definition) is 0. The van der Waals surface area contributed by atoms with Crippen LogP contribution in [0.5, 0.6) is 0 Å². The Hall–Kier alpha value is -2.18. The van der Waals surface area contributed by atoms with E-state index in [0.29, 0.717) is 63.5 Å². The first-order chi connectivity index (χ1) is 16.1. The molecule has 3 rings (SSSR count). The fourth-order valence-electron chi connectivity index (χ4n) is 4.06. The average molecular weight is 502 g/mol. The predicted molar refractivity (Wildman–Crippen MR) is 126 cm³/mol. The third-order valence-corrected chi connectivity index (χ3v) is 7.30. The number of ether oxygens (including phenoxy) is 4. The van der Waals surface area contributed by atoms with E-state index in [1.807, 2.05) is 31.5 Å². The number of amides is 1. The van der Waals surface area contributed by atoms with Crippen LogP contribution in [0.4, 0.5) is 4.79 Å². The van der Waals surface area contributed by atoms with Crippen LogP contribution >= 0.6 is 0 Å². The molecule has 2 fully saturated rings. The molecule has 0 aromatic heterocycles. The molecule has 34 heavy (non-hydrogen) atoms. The number of nitrogens with zero attached hydrogens (tertiary/aromatic N) is 4. The van der Waals surface area contributed by atoms with E-state index in [-0.39, 0.29) is 24.4 Å². The topological polar surface area (TPSA) is 110 Å². The van der Waals surface area contributed by atoms with Gasteiger partial charge in [-0.15, -0.1) is 0 Å². The first-order valence-electron chi connectivity index (χ1n) is 11.7. The van der Waals surface area contributed by atoms with Crippen LogP contribution in [-0.4, -0.2) is 112 Å². The molecule has 0 aliphatic carbocycles. The van der Waals surface area contributed by atoms with Gasteiger partial charge < -0.3 is 23.8 Å². The molecule has 3 aliphatic rings. The quantitative estimate of drug-likeness (QED) is 0.506. The molecule has 0 radical (unpaired) electrons. The van der Waals surface area contributed by atoms with Gasteiger partial charge >= 0.3 is 12.0 Å². The van der Waals surface area contributed by atoms with E-state index in [0.717, 1.165) is 0 Å². The van der Waals surface area contributed by atoms with E-state index in [2.05, 4.69) is 4.99 Å². The Morgan fingerprint density at radius 1 is 1.12 bits per heavy atom. The normalized spacial score (nSPS) is 23.6. The van der Waals surface area contributed by atoms with Crippen molar-refractivity contribution in [3.8, 4) is 0 Å². The Kier molecular flexibility index (Phi) is 8.94. The van der Waals surface area contributed by atoms with Gasteiger partial charge in [0.05, 0.1) is 32.6 Å². The first kappa shape index (κ1) is 26.4. The maximum Gasteiger partial charge on any atom is 0.410 e. The zero-order valence-electron chi connectivity index (χ0n) is 20.7. The van der Waals surface area contributed by atoms with Crippen molar-refractivity contribution in [2.75, 3.05) is 46.6 Å². The Morgan fingerprint density at radius 3 is 2.29 bits per heavy atom. The van der Waals surface area contributed by atoms with Gasteiger partial charge in [0.25, 0.3) is 6.34 Å². The molecule has 0 aromatic rings. The van der Waals surface area contributed by atoms with E-state index < -0.39 is 16.3 Å². The summed E-state index contributed by atoms with van der Waals surface area (Å²) >= 11 is 0. The highest BCUT2D eigenvalue weighted by Gasteiger charge is 2.33.